The van der Waals surface area contributed by atoms with Gasteiger partial charge < -0.3 is 11.1 Å². The zero-order valence-corrected chi connectivity index (χ0v) is 12.5. The fraction of sp³-hybridized carbons (Fsp3) is 0.267. The summed E-state index contributed by atoms with van der Waals surface area (Å²) < 4.78 is 0. The van der Waals surface area contributed by atoms with Crippen molar-refractivity contribution in [1.82, 2.24) is 9.97 Å². The topological polar surface area (TPSA) is 63.8 Å². The van der Waals surface area contributed by atoms with Crippen molar-refractivity contribution in [2.24, 2.45) is 5.73 Å². The molecule has 0 bridgehead atoms. The Balaban J connectivity index is 2.11. The first-order valence-corrected chi connectivity index (χ1v) is 6.90. The maximum atomic E-state index is 5.79. The molecule has 2 heterocycles. The van der Waals surface area contributed by atoms with E-state index in [1.165, 1.54) is 0 Å². The highest BCUT2D eigenvalue weighted by Gasteiger charge is 2.10. The van der Waals surface area contributed by atoms with Gasteiger partial charge in [-0.1, -0.05) is 18.3 Å². The molecule has 0 aliphatic carbocycles. The number of aromatic nitrogens is 2. The minimum atomic E-state index is 0.371. The van der Waals surface area contributed by atoms with Crippen molar-refractivity contribution in [3.05, 3.63) is 53.1 Å². The minimum Gasteiger partial charge on any atom is -0.389 e. The molecule has 104 valence electrons. The molecule has 0 radical (unpaired) electrons. The smallest absolute Gasteiger partial charge is 0.107 e. The van der Waals surface area contributed by atoms with Crippen molar-refractivity contribution in [1.29, 1.82) is 0 Å². The molecule has 0 unspecified atom stereocenters. The fourth-order valence-electron chi connectivity index (χ4n) is 2.15. The number of rotatable bonds is 5. The molecule has 2 aromatic rings. The fourth-order valence-corrected chi connectivity index (χ4v) is 2.41. The second kappa shape index (κ2) is 6.43. The third-order valence-corrected chi connectivity index (χ3v) is 3.20. The number of hydrogen-bond acceptors (Lipinski definition) is 4. The highest BCUT2D eigenvalue weighted by molar-refractivity contribution is 7.80. The summed E-state index contributed by atoms with van der Waals surface area (Å²) >= 11 is 5.11. The van der Waals surface area contributed by atoms with E-state index >= 15 is 0 Å². The molecule has 0 aromatic carbocycles. The summed E-state index contributed by atoms with van der Waals surface area (Å²) in [5.41, 5.74) is 10.4. The summed E-state index contributed by atoms with van der Waals surface area (Å²) in [6.45, 7) is 4.65. The molecule has 0 amide bonds. The molecule has 0 atom stereocenters. The molecule has 0 spiro atoms. The van der Waals surface area contributed by atoms with Crippen LogP contribution in [0.4, 0.5) is 5.69 Å². The number of thiocarbonyl (C=S) groups is 1. The van der Waals surface area contributed by atoms with E-state index in [1.807, 2.05) is 38.1 Å². The van der Waals surface area contributed by atoms with Crippen molar-refractivity contribution in [2.75, 3.05) is 11.9 Å². The Morgan fingerprint density at radius 3 is 2.80 bits per heavy atom. The second-order valence-electron chi connectivity index (χ2n) is 4.63. The lowest BCUT2D eigenvalue weighted by Gasteiger charge is -2.14. The van der Waals surface area contributed by atoms with Crippen LogP contribution < -0.4 is 11.1 Å². The van der Waals surface area contributed by atoms with Gasteiger partial charge in [-0.05, 0) is 32.0 Å². The van der Waals surface area contributed by atoms with Crippen molar-refractivity contribution in [3.63, 3.8) is 0 Å². The van der Waals surface area contributed by atoms with Crippen LogP contribution in [0.25, 0.3) is 0 Å². The first-order valence-electron chi connectivity index (χ1n) is 6.49. The Bertz CT molecular complexity index is 611. The number of hydrogen-bond donors (Lipinski definition) is 2. The van der Waals surface area contributed by atoms with E-state index in [1.54, 1.807) is 6.20 Å². The monoisotopic (exact) mass is 286 g/mol. The zero-order valence-electron chi connectivity index (χ0n) is 11.7. The Kier molecular flexibility index (Phi) is 4.63. The van der Waals surface area contributed by atoms with Gasteiger partial charge in [-0.2, -0.15) is 0 Å². The molecule has 0 aliphatic rings. The predicted octanol–water partition coefficient (Wildman–Crippen LogP) is 2.38. The first kappa shape index (κ1) is 14.4. The molecule has 5 heteroatoms. The SMILES string of the molecule is Cc1cc(NCCc2ccccn2)c(C(N)=S)c(C)n1. The average Bonchev–Trinajstić information content (AvgIpc) is 2.38. The van der Waals surface area contributed by atoms with E-state index in [-0.39, 0.29) is 0 Å². The van der Waals surface area contributed by atoms with Gasteiger partial charge in [0.1, 0.15) is 4.99 Å². The van der Waals surface area contributed by atoms with Crippen LogP contribution in [0.5, 0.6) is 0 Å². The molecule has 0 saturated heterocycles. The summed E-state index contributed by atoms with van der Waals surface area (Å²) in [6.07, 6.45) is 2.65. The maximum Gasteiger partial charge on any atom is 0.107 e. The molecule has 0 aliphatic heterocycles. The van der Waals surface area contributed by atoms with E-state index in [9.17, 15) is 0 Å². The van der Waals surface area contributed by atoms with E-state index in [2.05, 4.69) is 15.3 Å². The summed E-state index contributed by atoms with van der Waals surface area (Å²) in [5, 5.41) is 3.38. The summed E-state index contributed by atoms with van der Waals surface area (Å²) in [7, 11) is 0. The van der Waals surface area contributed by atoms with Gasteiger partial charge in [-0.3, -0.25) is 9.97 Å². The van der Waals surface area contributed by atoms with Crippen LogP contribution in [0.15, 0.2) is 30.5 Å². The average molecular weight is 286 g/mol. The lowest BCUT2D eigenvalue weighted by molar-refractivity contribution is 0.958. The van der Waals surface area contributed by atoms with Gasteiger partial charge in [0.05, 0.1) is 5.56 Å². The van der Waals surface area contributed by atoms with Crippen LogP contribution in [-0.4, -0.2) is 21.5 Å². The number of nitrogens with one attached hydrogen (secondary N) is 1. The molecule has 20 heavy (non-hydrogen) atoms. The second-order valence-corrected chi connectivity index (χ2v) is 5.07. The molecular formula is C15H18N4S. The number of aryl methyl sites for hydroxylation is 2. The van der Waals surface area contributed by atoms with Gasteiger partial charge in [0, 0.05) is 41.9 Å². The molecule has 0 fully saturated rings. The van der Waals surface area contributed by atoms with Crippen molar-refractivity contribution < 1.29 is 0 Å². The van der Waals surface area contributed by atoms with Gasteiger partial charge in [0.15, 0.2) is 0 Å². The normalized spacial score (nSPS) is 10.3. The predicted molar refractivity (Wildman–Crippen MR) is 86.0 cm³/mol. The number of nitrogens with two attached hydrogens (primary N) is 1. The molecule has 0 saturated carbocycles. The van der Waals surface area contributed by atoms with Crippen LogP contribution in [0, 0.1) is 13.8 Å². The van der Waals surface area contributed by atoms with E-state index < -0.39 is 0 Å². The molecular weight excluding hydrogens is 268 g/mol. The lowest BCUT2D eigenvalue weighted by atomic mass is 10.1. The Labute approximate surface area is 124 Å². The molecule has 3 N–H and O–H groups in total. The Morgan fingerprint density at radius 2 is 2.15 bits per heavy atom. The van der Waals surface area contributed by atoms with Gasteiger partial charge in [0.25, 0.3) is 0 Å². The Hall–Kier alpha value is -2.01. The van der Waals surface area contributed by atoms with Crippen molar-refractivity contribution >= 4 is 22.9 Å². The lowest BCUT2D eigenvalue weighted by Crippen LogP contribution is -2.17. The standard InChI is InChI=1S/C15H18N4S/c1-10-9-13(14(15(16)20)11(2)19-10)18-8-6-12-5-3-4-7-17-12/h3-5,7,9H,6,8H2,1-2H3,(H2,16,20)(H,18,19). The van der Waals surface area contributed by atoms with Crippen molar-refractivity contribution in [3.8, 4) is 0 Å². The minimum absolute atomic E-state index is 0.371. The highest BCUT2D eigenvalue weighted by Crippen LogP contribution is 2.19. The number of pyridine rings is 2. The van der Waals surface area contributed by atoms with E-state index in [4.69, 9.17) is 18.0 Å². The molecule has 4 nitrogen and oxygen atoms in total. The largest absolute Gasteiger partial charge is 0.389 e. The van der Waals surface area contributed by atoms with Crippen LogP contribution in [0.2, 0.25) is 0 Å². The highest BCUT2D eigenvalue weighted by atomic mass is 32.1. The van der Waals surface area contributed by atoms with Crippen LogP contribution >= 0.6 is 12.2 Å². The van der Waals surface area contributed by atoms with Gasteiger partial charge in [-0.25, -0.2) is 0 Å². The van der Waals surface area contributed by atoms with E-state index in [0.29, 0.717) is 4.99 Å². The third kappa shape index (κ3) is 3.51. The Morgan fingerprint density at radius 1 is 1.35 bits per heavy atom. The van der Waals surface area contributed by atoms with Gasteiger partial charge in [0.2, 0.25) is 0 Å². The molecule has 2 aromatic heterocycles. The van der Waals surface area contributed by atoms with Crippen LogP contribution in [-0.2, 0) is 6.42 Å². The van der Waals surface area contributed by atoms with Gasteiger partial charge >= 0.3 is 0 Å². The first-order chi connectivity index (χ1) is 9.58. The quantitative estimate of drug-likeness (QED) is 0.826. The van der Waals surface area contributed by atoms with E-state index in [0.717, 1.165) is 41.3 Å². The van der Waals surface area contributed by atoms with Crippen molar-refractivity contribution in [2.45, 2.75) is 20.3 Å². The summed E-state index contributed by atoms with van der Waals surface area (Å²) in [6, 6.07) is 7.89. The zero-order chi connectivity index (χ0) is 14.5. The summed E-state index contributed by atoms with van der Waals surface area (Å²) in [5.74, 6) is 0. The number of nitrogens with zero attached hydrogens (tertiary/aromatic N) is 2. The third-order valence-electron chi connectivity index (χ3n) is 3.00. The molecule has 2 rings (SSSR count). The summed E-state index contributed by atoms with van der Waals surface area (Å²) in [4.78, 5) is 9.07. The van der Waals surface area contributed by atoms with Gasteiger partial charge in [-0.15, -0.1) is 0 Å². The van der Waals surface area contributed by atoms with Crippen LogP contribution in [0.1, 0.15) is 22.6 Å². The van der Waals surface area contributed by atoms with Crippen LogP contribution in [0.3, 0.4) is 0 Å². The number of anilines is 1. The maximum absolute atomic E-state index is 5.79.